The monoisotopic (exact) mass is 567 g/mol. The minimum absolute atomic E-state index is 0.0498. The number of aromatic nitrogens is 6. The number of fused-ring (bicyclic) bond motifs is 1. The summed E-state index contributed by atoms with van der Waals surface area (Å²) in [7, 11) is 0. The van der Waals surface area contributed by atoms with Gasteiger partial charge in [0.15, 0.2) is 5.01 Å². The Morgan fingerprint density at radius 2 is 2.05 bits per heavy atom. The standard InChI is InChI=1S/C24H25ClF3N7O2S/c1-11(2)6-20-31-15-9-29-13(14-8-18(34-33-14)24(26,27)28)7-17(15)35(20)16-5-3-4-12(21(16)36)32-22(37)23-30-10-19(25)38-23/h7-12,16,21,36H,3-6H2,1-2H3,(H,32,37)(H,33,34)/t12-,16+,21+/m0/s1. The number of thiazole rings is 1. The predicted octanol–water partition coefficient (Wildman–Crippen LogP) is 5.03. The number of nitrogens with zero attached hydrogens (tertiary/aromatic N) is 5. The normalized spacial score (nSPS) is 20.4. The molecule has 9 nitrogen and oxygen atoms in total. The molecule has 3 N–H and O–H groups in total. The molecule has 4 aromatic heterocycles. The average molecular weight is 568 g/mol. The van der Waals surface area contributed by atoms with E-state index in [0.717, 1.165) is 29.6 Å². The Morgan fingerprint density at radius 1 is 1.26 bits per heavy atom. The van der Waals surface area contributed by atoms with Crippen molar-refractivity contribution in [2.24, 2.45) is 5.92 Å². The van der Waals surface area contributed by atoms with Crippen LogP contribution in [0.1, 0.15) is 60.5 Å². The molecule has 5 rings (SSSR count). The second-order valence-electron chi connectivity index (χ2n) is 9.76. The van der Waals surface area contributed by atoms with Gasteiger partial charge in [-0.05, 0) is 37.3 Å². The van der Waals surface area contributed by atoms with Gasteiger partial charge >= 0.3 is 6.18 Å². The molecule has 0 spiro atoms. The van der Waals surface area contributed by atoms with Crippen LogP contribution in [-0.2, 0) is 12.6 Å². The largest absolute Gasteiger partial charge is 0.432 e. The molecule has 1 saturated carbocycles. The number of carbonyl (C=O) groups excluding carboxylic acids is 1. The number of pyridine rings is 1. The molecule has 0 aliphatic heterocycles. The van der Waals surface area contributed by atoms with Gasteiger partial charge in [-0.3, -0.25) is 14.9 Å². The average Bonchev–Trinajstić information content (AvgIpc) is 3.58. The number of imidazole rings is 1. The smallest absolute Gasteiger partial charge is 0.389 e. The Morgan fingerprint density at radius 3 is 2.71 bits per heavy atom. The molecule has 0 bridgehead atoms. The molecule has 202 valence electrons. The maximum absolute atomic E-state index is 13.1. The summed E-state index contributed by atoms with van der Waals surface area (Å²) in [5.41, 5.74) is 0.522. The van der Waals surface area contributed by atoms with Crippen molar-refractivity contribution in [3.8, 4) is 11.4 Å². The van der Waals surface area contributed by atoms with Crippen LogP contribution in [0.25, 0.3) is 22.4 Å². The molecule has 0 saturated heterocycles. The fraction of sp³-hybridized carbons (Fsp3) is 0.458. The lowest BCUT2D eigenvalue weighted by Gasteiger charge is -2.37. The number of alkyl halides is 3. The number of aliphatic hydroxyl groups excluding tert-OH is 1. The van der Waals surface area contributed by atoms with E-state index in [9.17, 15) is 23.1 Å². The zero-order chi connectivity index (χ0) is 27.2. The minimum Gasteiger partial charge on any atom is -0.389 e. The summed E-state index contributed by atoms with van der Waals surface area (Å²) >= 11 is 6.97. The predicted molar refractivity (Wildman–Crippen MR) is 136 cm³/mol. The fourth-order valence-corrected chi connectivity index (χ4v) is 5.67. The summed E-state index contributed by atoms with van der Waals surface area (Å²) < 4.78 is 41.7. The molecule has 14 heteroatoms. The molecular formula is C24H25ClF3N7O2S. The molecule has 4 heterocycles. The van der Waals surface area contributed by atoms with Crippen LogP contribution in [0.3, 0.4) is 0 Å². The number of hydrogen-bond donors (Lipinski definition) is 3. The maximum Gasteiger partial charge on any atom is 0.432 e. The van der Waals surface area contributed by atoms with E-state index in [4.69, 9.17) is 16.6 Å². The second kappa shape index (κ2) is 10.3. The van der Waals surface area contributed by atoms with Crippen molar-refractivity contribution in [1.82, 2.24) is 35.0 Å². The van der Waals surface area contributed by atoms with Crippen LogP contribution in [0.2, 0.25) is 4.34 Å². The number of rotatable bonds is 6. The number of amides is 1. The summed E-state index contributed by atoms with van der Waals surface area (Å²) in [5.74, 6) is 0.578. The van der Waals surface area contributed by atoms with E-state index in [1.165, 1.54) is 12.4 Å². The van der Waals surface area contributed by atoms with Crippen molar-refractivity contribution in [1.29, 1.82) is 0 Å². The van der Waals surface area contributed by atoms with Gasteiger partial charge in [0.2, 0.25) is 0 Å². The third-order valence-corrected chi connectivity index (χ3v) is 7.64. The first kappa shape index (κ1) is 26.6. The summed E-state index contributed by atoms with van der Waals surface area (Å²) in [6.45, 7) is 4.10. The van der Waals surface area contributed by atoms with E-state index in [-0.39, 0.29) is 22.3 Å². The number of halogens is 4. The minimum atomic E-state index is -4.56. The van der Waals surface area contributed by atoms with Crippen molar-refractivity contribution >= 4 is 39.9 Å². The van der Waals surface area contributed by atoms with Gasteiger partial charge in [0.1, 0.15) is 27.1 Å². The Bertz CT molecular complexity index is 1460. The van der Waals surface area contributed by atoms with Gasteiger partial charge in [0.25, 0.3) is 5.91 Å². The maximum atomic E-state index is 13.1. The van der Waals surface area contributed by atoms with Crippen LogP contribution >= 0.6 is 22.9 Å². The topological polar surface area (TPSA) is 122 Å². The Hall–Kier alpha value is -3.03. The third kappa shape index (κ3) is 5.27. The number of aromatic amines is 1. The van der Waals surface area contributed by atoms with Gasteiger partial charge in [-0.2, -0.15) is 18.3 Å². The van der Waals surface area contributed by atoms with Crippen LogP contribution in [0.5, 0.6) is 0 Å². The summed E-state index contributed by atoms with van der Waals surface area (Å²) in [4.78, 5) is 25.8. The summed E-state index contributed by atoms with van der Waals surface area (Å²) in [6, 6.07) is 1.60. The SMILES string of the molecule is CC(C)Cc1nc2cnc(-c3cc(C(F)(F)F)[nH]n3)cc2n1[C@@H]1CCC[C@H](NC(=O)c2ncc(Cl)s2)[C@H]1O. The van der Waals surface area contributed by atoms with Crippen molar-refractivity contribution in [3.63, 3.8) is 0 Å². The fourth-order valence-electron chi connectivity index (χ4n) is 4.85. The van der Waals surface area contributed by atoms with E-state index in [1.807, 2.05) is 9.67 Å². The van der Waals surface area contributed by atoms with Crippen LogP contribution in [0, 0.1) is 5.92 Å². The van der Waals surface area contributed by atoms with Crippen molar-refractivity contribution in [2.75, 3.05) is 0 Å². The molecule has 1 fully saturated rings. The highest BCUT2D eigenvalue weighted by Gasteiger charge is 2.37. The Balaban J connectivity index is 1.51. The first-order valence-electron chi connectivity index (χ1n) is 12.1. The van der Waals surface area contributed by atoms with Gasteiger partial charge in [-0.15, -0.1) is 0 Å². The number of aliphatic hydroxyl groups is 1. The highest BCUT2D eigenvalue weighted by molar-refractivity contribution is 7.17. The van der Waals surface area contributed by atoms with E-state index < -0.39 is 36.0 Å². The molecule has 3 atom stereocenters. The quantitative estimate of drug-likeness (QED) is 0.300. The van der Waals surface area contributed by atoms with Crippen LogP contribution in [0.4, 0.5) is 13.2 Å². The number of carbonyl (C=O) groups is 1. The molecule has 1 aliphatic rings. The lowest BCUT2D eigenvalue weighted by Crippen LogP contribution is -2.49. The van der Waals surface area contributed by atoms with Crippen molar-refractivity contribution in [2.45, 2.75) is 63.9 Å². The molecule has 1 amide bonds. The zero-order valence-electron chi connectivity index (χ0n) is 20.5. The molecular weight excluding hydrogens is 543 g/mol. The summed E-state index contributed by atoms with van der Waals surface area (Å²) in [5, 5.41) is 20.4. The lowest BCUT2D eigenvalue weighted by atomic mass is 9.87. The van der Waals surface area contributed by atoms with Gasteiger partial charge in [0, 0.05) is 6.42 Å². The van der Waals surface area contributed by atoms with E-state index in [1.54, 1.807) is 6.07 Å². The second-order valence-corrected chi connectivity index (χ2v) is 11.4. The molecule has 4 aromatic rings. The highest BCUT2D eigenvalue weighted by Crippen LogP contribution is 2.36. The van der Waals surface area contributed by atoms with Crippen LogP contribution in [0.15, 0.2) is 24.5 Å². The Kier molecular flexibility index (Phi) is 7.18. The van der Waals surface area contributed by atoms with Crippen molar-refractivity contribution in [3.05, 3.63) is 45.4 Å². The summed E-state index contributed by atoms with van der Waals surface area (Å²) in [6.07, 6.45) is -0.0311. The molecule has 0 aromatic carbocycles. The first-order chi connectivity index (χ1) is 18.0. The first-order valence-corrected chi connectivity index (χ1v) is 13.3. The van der Waals surface area contributed by atoms with Gasteiger partial charge in [-0.1, -0.05) is 36.8 Å². The lowest BCUT2D eigenvalue weighted by molar-refractivity contribution is -0.141. The van der Waals surface area contributed by atoms with Gasteiger partial charge in [0.05, 0.1) is 41.8 Å². The van der Waals surface area contributed by atoms with Crippen LogP contribution < -0.4 is 5.32 Å². The van der Waals surface area contributed by atoms with Gasteiger partial charge in [-0.25, -0.2) is 9.97 Å². The van der Waals surface area contributed by atoms with Crippen molar-refractivity contribution < 1.29 is 23.1 Å². The number of hydrogen-bond acceptors (Lipinski definition) is 7. The third-order valence-electron chi connectivity index (χ3n) is 6.53. The van der Waals surface area contributed by atoms with Crippen LogP contribution in [-0.4, -0.2) is 52.9 Å². The van der Waals surface area contributed by atoms with E-state index >= 15 is 0 Å². The number of nitrogens with one attached hydrogen (secondary N) is 2. The molecule has 1 aliphatic carbocycles. The zero-order valence-corrected chi connectivity index (χ0v) is 22.0. The highest BCUT2D eigenvalue weighted by atomic mass is 35.5. The molecule has 0 unspecified atom stereocenters. The van der Waals surface area contributed by atoms with Gasteiger partial charge < -0.3 is 15.0 Å². The molecule has 38 heavy (non-hydrogen) atoms. The van der Waals surface area contributed by atoms with E-state index in [2.05, 4.69) is 34.2 Å². The number of H-pyrrole nitrogens is 1. The van der Waals surface area contributed by atoms with E-state index in [0.29, 0.717) is 34.6 Å². The Labute approximate surface area is 224 Å². The molecule has 0 radical (unpaired) electrons.